The Kier molecular flexibility index (Phi) is 9.07. The van der Waals surface area contributed by atoms with Crippen molar-refractivity contribution in [2.24, 2.45) is 0 Å². The summed E-state index contributed by atoms with van der Waals surface area (Å²) < 4.78 is 0. The van der Waals surface area contributed by atoms with Gasteiger partial charge in [0.1, 0.15) is 0 Å². The molecule has 2 aliphatic carbocycles. The van der Waals surface area contributed by atoms with Gasteiger partial charge in [-0.3, -0.25) is 0 Å². The summed E-state index contributed by atoms with van der Waals surface area (Å²) in [5, 5.41) is 0. The van der Waals surface area contributed by atoms with E-state index in [1.54, 1.807) is 0 Å². The second-order valence-corrected chi connectivity index (χ2v) is 17.5. The fourth-order valence-corrected chi connectivity index (χ4v) is 10.8. The second kappa shape index (κ2) is 15.7. The van der Waals surface area contributed by atoms with Crippen LogP contribution in [0.1, 0.15) is 22.3 Å². The monoisotopic (exact) mass is 851 g/mol. The predicted octanol–water partition coefficient (Wildman–Crippen LogP) is 15.9. The number of hydrogen-bond acceptors (Lipinski definition) is 3. The van der Waals surface area contributed by atoms with E-state index in [0.717, 1.165) is 44.5 Å². The summed E-state index contributed by atoms with van der Waals surface area (Å²) in [5.74, 6) is 1.87. The molecule has 0 saturated carbocycles. The Bertz CT molecular complexity index is 3510. The molecule has 1 spiro atoms. The number of nitrogens with zero attached hydrogens (tertiary/aromatic N) is 3. The van der Waals surface area contributed by atoms with E-state index in [1.165, 1.54) is 61.2 Å². The van der Waals surface area contributed by atoms with Crippen LogP contribution in [0, 0.1) is 0 Å². The molecule has 10 aromatic carbocycles. The molecule has 3 heteroatoms. The molecule has 0 radical (unpaired) electrons. The van der Waals surface area contributed by atoms with E-state index < -0.39 is 5.41 Å². The van der Waals surface area contributed by atoms with Crippen molar-refractivity contribution in [1.82, 2.24) is 15.0 Å². The zero-order chi connectivity index (χ0) is 44.3. The highest BCUT2D eigenvalue weighted by atomic mass is 15.0. The molecule has 0 amide bonds. The van der Waals surface area contributed by atoms with Crippen LogP contribution in [0.3, 0.4) is 0 Å². The van der Waals surface area contributed by atoms with Gasteiger partial charge in [-0.1, -0.05) is 224 Å². The van der Waals surface area contributed by atoms with E-state index in [-0.39, 0.29) is 0 Å². The van der Waals surface area contributed by atoms with E-state index in [4.69, 9.17) is 15.0 Å². The van der Waals surface area contributed by atoms with Crippen LogP contribution in [-0.4, -0.2) is 15.0 Å². The minimum atomic E-state index is -0.487. The first-order valence-electron chi connectivity index (χ1n) is 22.9. The highest BCUT2D eigenvalue weighted by molar-refractivity contribution is 5.99. The van der Waals surface area contributed by atoms with Crippen LogP contribution in [0.4, 0.5) is 0 Å². The van der Waals surface area contributed by atoms with Gasteiger partial charge in [0.25, 0.3) is 0 Å². The number of rotatable bonds is 7. The Hall–Kier alpha value is -8.79. The van der Waals surface area contributed by atoms with E-state index in [2.05, 4.69) is 249 Å². The molecular formula is C64H41N3. The highest BCUT2D eigenvalue weighted by Crippen LogP contribution is 2.63. The summed E-state index contributed by atoms with van der Waals surface area (Å²) in [4.78, 5) is 16.3. The molecule has 1 aromatic heterocycles. The van der Waals surface area contributed by atoms with Gasteiger partial charge in [0.15, 0.2) is 17.5 Å². The maximum absolute atomic E-state index is 5.46. The summed E-state index contributed by atoms with van der Waals surface area (Å²) in [6, 6.07) is 89.3. The van der Waals surface area contributed by atoms with Crippen molar-refractivity contribution < 1.29 is 0 Å². The van der Waals surface area contributed by atoms with Crippen molar-refractivity contribution in [3.8, 4) is 101 Å². The molecule has 312 valence electrons. The first kappa shape index (κ1) is 38.6. The van der Waals surface area contributed by atoms with Gasteiger partial charge in [-0.25, -0.2) is 15.0 Å². The third-order valence-corrected chi connectivity index (χ3v) is 13.7. The average molecular weight is 852 g/mol. The van der Waals surface area contributed by atoms with Gasteiger partial charge in [-0.2, -0.15) is 0 Å². The number of benzene rings is 10. The summed E-state index contributed by atoms with van der Waals surface area (Å²) >= 11 is 0. The molecule has 0 unspecified atom stereocenters. The van der Waals surface area contributed by atoms with E-state index >= 15 is 0 Å². The van der Waals surface area contributed by atoms with Crippen LogP contribution in [0.15, 0.2) is 249 Å². The predicted molar refractivity (Wildman–Crippen MR) is 274 cm³/mol. The number of aromatic nitrogens is 3. The van der Waals surface area contributed by atoms with Crippen LogP contribution in [-0.2, 0) is 5.41 Å². The molecule has 3 nitrogen and oxygen atoms in total. The van der Waals surface area contributed by atoms with Crippen LogP contribution >= 0.6 is 0 Å². The molecule has 11 aromatic rings. The normalized spacial score (nSPS) is 12.6. The summed E-state index contributed by atoms with van der Waals surface area (Å²) in [7, 11) is 0. The van der Waals surface area contributed by atoms with Gasteiger partial charge in [-0.05, 0) is 113 Å². The molecule has 0 atom stereocenters. The fraction of sp³-hybridized carbons (Fsp3) is 0.0156. The Morgan fingerprint density at radius 1 is 0.209 bits per heavy atom. The topological polar surface area (TPSA) is 38.7 Å². The number of hydrogen-bond donors (Lipinski definition) is 0. The Morgan fingerprint density at radius 2 is 0.507 bits per heavy atom. The largest absolute Gasteiger partial charge is 0.208 e. The molecular weight excluding hydrogens is 811 g/mol. The van der Waals surface area contributed by atoms with Gasteiger partial charge in [-0.15, -0.1) is 0 Å². The van der Waals surface area contributed by atoms with Gasteiger partial charge in [0.05, 0.1) is 5.41 Å². The zero-order valence-electron chi connectivity index (χ0n) is 36.5. The lowest BCUT2D eigenvalue weighted by atomic mass is 9.70. The lowest BCUT2D eigenvalue weighted by Crippen LogP contribution is -2.25. The molecule has 0 saturated heterocycles. The van der Waals surface area contributed by atoms with Crippen molar-refractivity contribution in [3.63, 3.8) is 0 Å². The van der Waals surface area contributed by atoms with Crippen molar-refractivity contribution in [1.29, 1.82) is 0 Å². The third-order valence-electron chi connectivity index (χ3n) is 13.7. The maximum atomic E-state index is 5.46. The van der Waals surface area contributed by atoms with E-state index in [1.807, 2.05) is 0 Å². The molecule has 1 heterocycles. The summed E-state index contributed by atoms with van der Waals surface area (Å²) in [6.45, 7) is 0. The van der Waals surface area contributed by atoms with Crippen LogP contribution < -0.4 is 0 Å². The fourth-order valence-electron chi connectivity index (χ4n) is 10.8. The lowest BCUT2D eigenvalue weighted by molar-refractivity contribution is 0.794. The Morgan fingerprint density at radius 3 is 0.985 bits per heavy atom. The molecule has 67 heavy (non-hydrogen) atoms. The minimum absolute atomic E-state index is 0.487. The first-order valence-corrected chi connectivity index (χ1v) is 22.9. The highest BCUT2D eigenvalue weighted by Gasteiger charge is 2.52. The standard InChI is InChI=1S/C64H41N3/c1-3-18-42(19-4-1)44-22-13-24-46(38-44)48-26-15-28-50(40-48)61-65-62(51-29-16-27-49(41-51)47-25-14-23-45(39-47)43-20-5-2-6-21-43)67-63(66-61)55-33-17-37-59-60(55)54-32-9-12-36-58(54)64(59)56-34-10-7-30-52(56)53-31-8-11-35-57(53)64/h1-41H. The van der Waals surface area contributed by atoms with Gasteiger partial charge in [0.2, 0.25) is 0 Å². The Balaban J connectivity index is 1.01. The third kappa shape index (κ3) is 6.31. The zero-order valence-corrected chi connectivity index (χ0v) is 36.5. The van der Waals surface area contributed by atoms with Gasteiger partial charge >= 0.3 is 0 Å². The van der Waals surface area contributed by atoms with Crippen LogP contribution in [0.5, 0.6) is 0 Å². The molecule has 0 bridgehead atoms. The lowest BCUT2D eigenvalue weighted by Gasteiger charge is -2.30. The van der Waals surface area contributed by atoms with E-state index in [0.29, 0.717) is 17.5 Å². The Labute approximate surface area is 390 Å². The SMILES string of the molecule is c1ccc(-c2cccc(-c3cccc(-c4nc(-c5cccc(-c6cccc(-c7ccccc7)c6)c5)nc(-c5cccc6c5-c5ccccc5C65c6ccccc6-c6ccccc65)n4)c3)c2)cc1. The summed E-state index contributed by atoms with van der Waals surface area (Å²) in [5.41, 5.74) is 21.5. The van der Waals surface area contributed by atoms with Crippen LogP contribution in [0.2, 0.25) is 0 Å². The summed E-state index contributed by atoms with van der Waals surface area (Å²) in [6.07, 6.45) is 0. The second-order valence-electron chi connectivity index (χ2n) is 17.5. The number of fused-ring (bicyclic) bond motifs is 10. The quantitative estimate of drug-likeness (QED) is 0.160. The molecule has 0 fully saturated rings. The van der Waals surface area contributed by atoms with Crippen molar-refractivity contribution in [2.75, 3.05) is 0 Å². The molecule has 0 aliphatic heterocycles. The molecule has 2 aliphatic rings. The molecule has 0 N–H and O–H groups in total. The van der Waals surface area contributed by atoms with Gasteiger partial charge < -0.3 is 0 Å². The average Bonchev–Trinajstić information content (AvgIpc) is 3.89. The van der Waals surface area contributed by atoms with Crippen molar-refractivity contribution >= 4 is 0 Å². The van der Waals surface area contributed by atoms with Crippen molar-refractivity contribution in [3.05, 3.63) is 271 Å². The first-order chi connectivity index (χ1) is 33.2. The van der Waals surface area contributed by atoms with Gasteiger partial charge in [0, 0.05) is 16.7 Å². The smallest absolute Gasteiger partial charge is 0.164 e. The van der Waals surface area contributed by atoms with Crippen molar-refractivity contribution in [2.45, 2.75) is 5.41 Å². The molecule has 13 rings (SSSR count). The van der Waals surface area contributed by atoms with Crippen LogP contribution in [0.25, 0.3) is 101 Å². The van der Waals surface area contributed by atoms with E-state index in [9.17, 15) is 0 Å². The minimum Gasteiger partial charge on any atom is -0.208 e. The maximum Gasteiger partial charge on any atom is 0.164 e.